The average molecular weight is 549 g/mol. The molecule has 2 atom stereocenters. The molecule has 3 aromatic rings. The van der Waals surface area contributed by atoms with E-state index in [1.54, 1.807) is 4.90 Å². The Morgan fingerprint density at radius 3 is 2.67 bits per heavy atom. The largest absolute Gasteiger partial charge is 0.486 e. The number of nitrogens with zero attached hydrogens (tertiary/aromatic N) is 2. The lowest BCUT2D eigenvalue weighted by molar-refractivity contribution is -0.00942. The fourth-order valence-electron chi connectivity index (χ4n) is 5.02. The number of fused-ring (bicyclic) bond motifs is 1. The van der Waals surface area contributed by atoms with Gasteiger partial charge in [0.25, 0.3) is 0 Å². The number of aromatic nitrogens is 1. The normalized spacial score (nSPS) is 17.9. The van der Waals surface area contributed by atoms with Crippen molar-refractivity contribution in [3.63, 3.8) is 0 Å². The van der Waals surface area contributed by atoms with E-state index in [4.69, 9.17) is 13.9 Å². The van der Waals surface area contributed by atoms with Gasteiger partial charge in [-0.3, -0.25) is 4.90 Å². The van der Waals surface area contributed by atoms with Crippen LogP contribution in [-0.4, -0.2) is 51.4 Å². The van der Waals surface area contributed by atoms with Gasteiger partial charge in [0.2, 0.25) is 0 Å². The second-order valence-electron chi connectivity index (χ2n) is 11.8. The van der Waals surface area contributed by atoms with Gasteiger partial charge in [0.15, 0.2) is 12.2 Å². The van der Waals surface area contributed by atoms with Gasteiger partial charge in [0.1, 0.15) is 18.0 Å². The van der Waals surface area contributed by atoms with E-state index < -0.39 is 23.8 Å². The van der Waals surface area contributed by atoms with Gasteiger partial charge in [-0.25, -0.2) is 9.78 Å². The van der Waals surface area contributed by atoms with E-state index in [2.05, 4.69) is 27.8 Å². The second-order valence-corrected chi connectivity index (χ2v) is 11.8. The van der Waals surface area contributed by atoms with Crippen LogP contribution in [0.3, 0.4) is 0 Å². The standard InChI is InChI=1S/C31H40N4O5/c1-20-29(39-19-33-20)18-38-26-12-11-21-14-27(35(17-22(21)13-26)30(37)40-31(2,3)4)28(36)16-32-24-9-6-10-25(15-24)34-23-7-5-8-23/h6,9-13,15,19,23,27-28,32,34,36H,5,7-8,14,16-18H2,1-4H3/t27?,28-/m1/s1. The number of anilines is 2. The monoisotopic (exact) mass is 548 g/mol. The van der Waals surface area contributed by atoms with Crippen molar-refractivity contribution in [1.29, 1.82) is 0 Å². The third kappa shape index (κ3) is 6.88. The second kappa shape index (κ2) is 11.8. The summed E-state index contributed by atoms with van der Waals surface area (Å²) in [7, 11) is 0. The molecule has 1 saturated carbocycles. The van der Waals surface area contributed by atoms with Crippen molar-refractivity contribution < 1.29 is 23.8 Å². The Bertz CT molecular complexity index is 1310. The van der Waals surface area contributed by atoms with E-state index in [0.29, 0.717) is 37.1 Å². The van der Waals surface area contributed by atoms with Crippen LogP contribution in [0.1, 0.15) is 62.6 Å². The fourth-order valence-corrected chi connectivity index (χ4v) is 5.02. The van der Waals surface area contributed by atoms with Crippen molar-refractivity contribution in [1.82, 2.24) is 9.88 Å². The van der Waals surface area contributed by atoms with Crippen LogP contribution in [-0.2, 0) is 24.3 Å². The first-order chi connectivity index (χ1) is 19.1. The molecule has 2 aromatic carbocycles. The third-order valence-corrected chi connectivity index (χ3v) is 7.49. The number of carbonyl (C=O) groups is 1. The zero-order valence-corrected chi connectivity index (χ0v) is 23.8. The van der Waals surface area contributed by atoms with E-state index >= 15 is 0 Å². The number of oxazole rings is 1. The van der Waals surface area contributed by atoms with Crippen LogP contribution in [0.15, 0.2) is 53.3 Å². The molecule has 2 heterocycles. The van der Waals surface area contributed by atoms with Crippen LogP contribution < -0.4 is 15.4 Å². The zero-order valence-electron chi connectivity index (χ0n) is 23.8. The molecule has 1 aromatic heterocycles. The molecule has 9 nitrogen and oxygen atoms in total. The molecule has 0 saturated heterocycles. The third-order valence-electron chi connectivity index (χ3n) is 7.49. The summed E-state index contributed by atoms with van der Waals surface area (Å²) in [6.45, 7) is 8.28. The molecule has 40 heavy (non-hydrogen) atoms. The summed E-state index contributed by atoms with van der Waals surface area (Å²) in [4.78, 5) is 19.1. The number of hydrogen-bond acceptors (Lipinski definition) is 8. The number of ether oxygens (including phenoxy) is 2. The van der Waals surface area contributed by atoms with Crippen LogP contribution >= 0.6 is 0 Å². The predicted octanol–water partition coefficient (Wildman–Crippen LogP) is 5.66. The first kappa shape index (κ1) is 27.8. The molecule has 2 aliphatic rings. The molecule has 1 unspecified atom stereocenters. The molecule has 5 rings (SSSR count). The van der Waals surface area contributed by atoms with Gasteiger partial charge in [0.05, 0.1) is 17.8 Å². The van der Waals surface area contributed by atoms with Crippen LogP contribution in [0, 0.1) is 6.92 Å². The molecule has 1 amide bonds. The maximum absolute atomic E-state index is 13.3. The summed E-state index contributed by atoms with van der Waals surface area (Å²) < 4.78 is 17.1. The van der Waals surface area contributed by atoms with Gasteiger partial charge < -0.3 is 29.6 Å². The molecule has 1 aliphatic heterocycles. The van der Waals surface area contributed by atoms with Crippen molar-refractivity contribution in [2.75, 3.05) is 17.2 Å². The van der Waals surface area contributed by atoms with Crippen molar-refractivity contribution in [2.24, 2.45) is 0 Å². The van der Waals surface area contributed by atoms with Gasteiger partial charge in [-0.2, -0.15) is 0 Å². The number of aryl methyl sites for hydroxylation is 1. The first-order valence-corrected chi connectivity index (χ1v) is 14.1. The topological polar surface area (TPSA) is 109 Å². The molecule has 0 radical (unpaired) electrons. The van der Waals surface area contributed by atoms with Crippen molar-refractivity contribution in [3.8, 4) is 5.75 Å². The SMILES string of the molecule is Cc1ncoc1COc1ccc2c(c1)CN(C(=O)OC(C)(C)C)C([C@H](O)CNc1cccc(NC3CCC3)c1)C2. The summed E-state index contributed by atoms with van der Waals surface area (Å²) >= 11 is 0. The molecule has 9 heteroatoms. The number of carbonyl (C=O) groups excluding carboxylic acids is 1. The Labute approximate surface area is 235 Å². The predicted molar refractivity (Wildman–Crippen MR) is 153 cm³/mol. The van der Waals surface area contributed by atoms with E-state index in [9.17, 15) is 9.90 Å². The van der Waals surface area contributed by atoms with Crippen molar-refractivity contribution >= 4 is 17.5 Å². The lowest BCUT2D eigenvalue weighted by atomic mass is 9.91. The van der Waals surface area contributed by atoms with E-state index in [1.807, 2.05) is 58.0 Å². The fraction of sp³-hybridized carbons (Fsp3) is 0.484. The summed E-state index contributed by atoms with van der Waals surface area (Å²) in [5, 5.41) is 18.3. The Morgan fingerprint density at radius 2 is 1.98 bits per heavy atom. The molecule has 1 fully saturated rings. The number of aliphatic hydroxyl groups is 1. The molecular formula is C31H40N4O5. The van der Waals surface area contributed by atoms with Crippen LogP contribution in [0.4, 0.5) is 16.2 Å². The number of rotatable bonds is 9. The van der Waals surface area contributed by atoms with Gasteiger partial charge in [0, 0.05) is 30.5 Å². The smallest absolute Gasteiger partial charge is 0.410 e. The Balaban J connectivity index is 1.28. The highest BCUT2D eigenvalue weighted by Crippen LogP contribution is 2.31. The van der Waals surface area contributed by atoms with E-state index in [-0.39, 0.29) is 6.61 Å². The summed E-state index contributed by atoms with van der Waals surface area (Å²) in [6, 6.07) is 14.1. The maximum Gasteiger partial charge on any atom is 0.410 e. The van der Waals surface area contributed by atoms with Crippen LogP contribution in [0.5, 0.6) is 5.75 Å². The maximum atomic E-state index is 13.3. The Hall–Kier alpha value is -3.72. The minimum atomic E-state index is -0.811. The highest BCUT2D eigenvalue weighted by molar-refractivity contribution is 5.69. The molecule has 1 aliphatic carbocycles. The molecule has 214 valence electrons. The number of hydrogen-bond donors (Lipinski definition) is 3. The zero-order chi connectivity index (χ0) is 28.3. The number of benzene rings is 2. The van der Waals surface area contributed by atoms with Crippen LogP contribution in [0.2, 0.25) is 0 Å². The molecule has 3 N–H and O–H groups in total. The summed E-state index contributed by atoms with van der Waals surface area (Å²) in [5.74, 6) is 1.35. The molecule has 0 spiro atoms. The van der Waals surface area contributed by atoms with E-state index in [0.717, 1.165) is 28.2 Å². The number of amides is 1. The number of aliphatic hydroxyl groups excluding tert-OH is 1. The Kier molecular flexibility index (Phi) is 8.21. The van der Waals surface area contributed by atoms with Crippen molar-refractivity contribution in [2.45, 2.75) is 90.3 Å². The highest BCUT2D eigenvalue weighted by atomic mass is 16.6. The molecular weight excluding hydrogens is 508 g/mol. The summed E-state index contributed by atoms with van der Waals surface area (Å²) in [5.41, 5.74) is 4.16. The summed E-state index contributed by atoms with van der Waals surface area (Å²) in [6.07, 6.45) is 4.33. The van der Waals surface area contributed by atoms with Gasteiger partial charge >= 0.3 is 6.09 Å². The van der Waals surface area contributed by atoms with Gasteiger partial charge in [-0.15, -0.1) is 0 Å². The Morgan fingerprint density at radius 1 is 1.18 bits per heavy atom. The number of nitrogens with one attached hydrogen (secondary N) is 2. The first-order valence-electron chi connectivity index (χ1n) is 14.1. The minimum absolute atomic E-state index is 0.269. The lowest BCUT2D eigenvalue weighted by Gasteiger charge is -2.40. The average Bonchev–Trinajstić information content (AvgIpc) is 3.31. The highest BCUT2D eigenvalue weighted by Gasteiger charge is 2.37. The minimum Gasteiger partial charge on any atom is -0.486 e. The van der Waals surface area contributed by atoms with E-state index in [1.165, 1.54) is 25.7 Å². The van der Waals surface area contributed by atoms with Crippen molar-refractivity contribution in [3.05, 3.63) is 71.4 Å². The van der Waals surface area contributed by atoms with Crippen LogP contribution in [0.25, 0.3) is 0 Å². The van der Waals surface area contributed by atoms with Gasteiger partial charge in [-0.1, -0.05) is 12.1 Å². The molecule has 0 bridgehead atoms. The lowest BCUT2D eigenvalue weighted by Crippen LogP contribution is -2.53. The quantitative estimate of drug-likeness (QED) is 0.314. The van der Waals surface area contributed by atoms with Gasteiger partial charge in [-0.05, 0) is 94.8 Å².